The largest absolute Gasteiger partial charge is 0.335 e. The maximum absolute atomic E-state index is 12.8. The van der Waals surface area contributed by atoms with Crippen LogP contribution >= 0.6 is 23.2 Å². The lowest BCUT2D eigenvalue weighted by Gasteiger charge is -2.34. The van der Waals surface area contributed by atoms with Crippen LogP contribution in [0.3, 0.4) is 0 Å². The number of nitrogens with zero attached hydrogens (tertiary/aromatic N) is 3. The zero-order valence-corrected chi connectivity index (χ0v) is 16.7. The Hall–Kier alpha value is -2.34. The lowest BCUT2D eigenvalue weighted by atomic mass is 10.1. The number of H-pyrrole nitrogens is 1. The summed E-state index contributed by atoms with van der Waals surface area (Å²) in [6.45, 7) is 3.94. The molecular formula is C21H20Cl2N4O. The molecule has 1 amide bonds. The summed E-state index contributed by atoms with van der Waals surface area (Å²) < 4.78 is 0. The highest BCUT2D eigenvalue weighted by Gasteiger charge is 2.23. The van der Waals surface area contributed by atoms with E-state index < -0.39 is 0 Å². The summed E-state index contributed by atoms with van der Waals surface area (Å²) >= 11 is 11.9. The van der Waals surface area contributed by atoms with Crippen LogP contribution in [-0.2, 0) is 6.54 Å². The van der Waals surface area contributed by atoms with Gasteiger partial charge in [0.05, 0.1) is 5.69 Å². The van der Waals surface area contributed by atoms with Crippen LogP contribution in [0.25, 0.3) is 11.3 Å². The smallest absolute Gasteiger partial charge is 0.271 e. The van der Waals surface area contributed by atoms with E-state index in [1.54, 1.807) is 6.07 Å². The van der Waals surface area contributed by atoms with Gasteiger partial charge in [-0.05, 0) is 35.9 Å². The maximum atomic E-state index is 12.8. The van der Waals surface area contributed by atoms with Gasteiger partial charge in [-0.15, -0.1) is 0 Å². The van der Waals surface area contributed by atoms with Gasteiger partial charge in [0, 0.05) is 48.3 Å². The fraction of sp³-hybridized carbons (Fsp3) is 0.238. The van der Waals surface area contributed by atoms with E-state index in [1.165, 1.54) is 5.56 Å². The molecule has 1 aromatic heterocycles. The second-order valence-electron chi connectivity index (χ2n) is 6.87. The molecule has 2 heterocycles. The van der Waals surface area contributed by atoms with Crippen LogP contribution in [0.1, 0.15) is 16.1 Å². The van der Waals surface area contributed by atoms with Crippen LogP contribution in [0.5, 0.6) is 0 Å². The number of carbonyl (C=O) groups excluding carboxylic acids is 1. The van der Waals surface area contributed by atoms with E-state index in [1.807, 2.05) is 53.4 Å². The van der Waals surface area contributed by atoms with Crippen LogP contribution in [0, 0.1) is 0 Å². The van der Waals surface area contributed by atoms with Crippen LogP contribution in [-0.4, -0.2) is 52.1 Å². The SMILES string of the molecule is O=C(c1cc(-c2ccc(Cl)cc2)n[nH]1)N1CCN(Cc2ccc(Cl)cc2)CC1. The Morgan fingerprint density at radius 2 is 1.54 bits per heavy atom. The van der Waals surface area contributed by atoms with Crippen molar-refractivity contribution in [3.05, 3.63) is 75.9 Å². The molecule has 3 aromatic rings. The van der Waals surface area contributed by atoms with Crippen LogP contribution in [0.2, 0.25) is 10.0 Å². The summed E-state index contributed by atoms with van der Waals surface area (Å²) in [4.78, 5) is 17.0. The highest BCUT2D eigenvalue weighted by Crippen LogP contribution is 2.21. The van der Waals surface area contributed by atoms with E-state index in [-0.39, 0.29) is 5.91 Å². The minimum absolute atomic E-state index is 0.0149. The van der Waals surface area contributed by atoms with Crippen molar-refractivity contribution in [2.45, 2.75) is 6.54 Å². The minimum Gasteiger partial charge on any atom is -0.335 e. The molecule has 1 saturated heterocycles. The molecule has 0 saturated carbocycles. The zero-order valence-electron chi connectivity index (χ0n) is 15.2. The van der Waals surface area contributed by atoms with Gasteiger partial charge in [-0.25, -0.2) is 0 Å². The lowest BCUT2D eigenvalue weighted by Crippen LogP contribution is -2.48. The van der Waals surface area contributed by atoms with Gasteiger partial charge < -0.3 is 4.90 Å². The number of hydrogen-bond donors (Lipinski definition) is 1. The van der Waals surface area contributed by atoms with Crippen molar-refractivity contribution in [1.29, 1.82) is 0 Å². The Kier molecular flexibility index (Phi) is 5.67. The third-order valence-corrected chi connectivity index (χ3v) is 5.43. The summed E-state index contributed by atoms with van der Waals surface area (Å²) in [5, 5.41) is 8.57. The molecule has 2 aromatic carbocycles. The summed E-state index contributed by atoms with van der Waals surface area (Å²) in [5.74, 6) is -0.0149. The van der Waals surface area contributed by atoms with Gasteiger partial charge in [-0.3, -0.25) is 14.8 Å². The van der Waals surface area contributed by atoms with Crippen LogP contribution < -0.4 is 0 Å². The zero-order chi connectivity index (χ0) is 19.5. The molecule has 1 N–H and O–H groups in total. The number of amides is 1. The summed E-state index contributed by atoms with van der Waals surface area (Å²) in [5.41, 5.74) is 3.40. The van der Waals surface area contributed by atoms with E-state index in [0.717, 1.165) is 35.9 Å². The number of benzene rings is 2. The molecule has 0 aliphatic carbocycles. The van der Waals surface area contributed by atoms with Crippen LogP contribution in [0.15, 0.2) is 54.6 Å². The fourth-order valence-electron chi connectivity index (χ4n) is 3.33. The Balaban J connectivity index is 1.35. The number of carbonyl (C=O) groups is 1. The number of aromatic amines is 1. The molecule has 0 spiro atoms. The highest BCUT2D eigenvalue weighted by molar-refractivity contribution is 6.30. The maximum Gasteiger partial charge on any atom is 0.271 e. The van der Waals surface area contributed by atoms with Crippen molar-refractivity contribution < 1.29 is 4.79 Å². The first-order chi connectivity index (χ1) is 13.6. The Morgan fingerprint density at radius 1 is 0.929 bits per heavy atom. The first-order valence-corrected chi connectivity index (χ1v) is 9.91. The molecular weight excluding hydrogens is 395 g/mol. The van der Waals surface area contributed by atoms with Gasteiger partial charge in [0.25, 0.3) is 5.91 Å². The molecule has 0 unspecified atom stereocenters. The number of hydrogen-bond acceptors (Lipinski definition) is 3. The third-order valence-electron chi connectivity index (χ3n) is 4.93. The number of aromatic nitrogens is 2. The molecule has 0 bridgehead atoms. The molecule has 0 radical (unpaired) electrons. The Morgan fingerprint density at radius 3 is 2.18 bits per heavy atom. The number of rotatable bonds is 4. The summed E-state index contributed by atoms with van der Waals surface area (Å²) in [6.07, 6.45) is 0. The third kappa shape index (κ3) is 4.38. The van der Waals surface area contributed by atoms with Gasteiger partial charge in [-0.1, -0.05) is 47.5 Å². The van der Waals surface area contributed by atoms with Gasteiger partial charge in [-0.2, -0.15) is 5.10 Å². The Labute approximate surface area is 173 Å². The van der Waals surface area contributed by atoms with Gasteiger partial charge in [0.2, 0.25) is 0 Å². The fourth-order valence-corrected chi connectivity index (χ4v) is 3.58. The second-order valence-corrected chi connectivity index (χ2v) is 7.74. The molecule has 28 heavy (non-hydrogen) atoms. The number of piperazine rings is 1. The Bertz CT molecular complexity index is 945. The van der Waals surface area contributed by atoms with Crippen molar-refractivity contribution in [1.82, 2.24) is 20.0 Å². The molecule has 0 atom stereocenters. The second kappa shape index (κ2) is 8.35. The predicted octanol–water partition coefficient (Wildman–Crippen LogP) is 4.34. The number of halogens is 2. The first kappa shape index (κ1) is 19.0. The van der Waals surface area contributed by atoms with E-state index in [4.69, 9.17) is 23.2 Å². The van der Waals surface area contributed by atoms with Gasteiger partial charge in [0.15, 0.2) is 0 Å². The molecule has 1 aliphatic heterocycles. The molecule has 1 fully saturated rings. The highest BCUT2D eigenvalue weighted by atomic mass is 35.5. The lowest BCUT2D eigenvalue weighted by molar-refractivity contribution is 0.0622. The van der Waals surface area contributed by atoms with Crippen molar-refractivity contribution in [3.8, 4) is 11.3 Å². The summed E-state index contributed by atoms with van der Waals surface area (Å²) in [6, 6.07) is 17.1. The normalized spacial score (nSPS) is 15.0. The van der Waals surface area contributed by atoms with Gasteiger partial charge in [0.1, 0.15) is 5.69 Å². The monoisotopic (exact) mass is 414 g/mol. The quantitative estimate of drug-likeness (QED) is 0.690. The molecule has 7 heteroatoms. The molecule has 4 rings (SSSR count). The van der Waals surface area contributed by atoms with E-state index in [9.17, 15) is 4.79 Å². The van der Waals surface area contributed by atoms with Crippen molar-refractivity contribution in [2.24, 2.45) is 0 Å². The van der Waals surface area contributed by atoms with Gasteiger partial charge >= 0.3 is 0 Å². The topological polar surface area (TPSA) is 52.2 Å². The average Bonchev–Trinajstić information content (AvgIpc) is 3.20. The standard InChI is InChI=1S/C21H20Cl2N4O/c22-17-5-1-15(2-6-17)14-26-9-11-27(12-10-26)21(28)20-13-19(24-25-20)16-3-7-18(23)8-4-16/h1-8,13H,9-12,14H2,(H,24,25). The first-order valence-electron chi connectivity index (χ1n) is 9.16. The van der Waals surface area contributed by atoms with E-state index in [0.29, 0.717) is 23.8 Å². The molecule has 5 nitrogen and oxygen atoms in total. The molecule has 144 valence electrons. The minimum atomic E-state index is -0.0149. The van der Waals surface area contributed by atoms with Crippen molar-refractivity contribution >= 4 is 29.1 Å². The van der Waals surface area contributed by atoms with Crippen molar-refractivity contribution in [3.63, 3.8) is 0 Å². The van der Waals surface area contributed by atoms with E-state index in [2.05, 4.69) is 15.1 Å². The number of nitrogens with one attached hydrogen (secondary N) is 1. The average molecular weight is 415 g/mol. The van der Waals surface area contributed by atoms with E-state index >= 15 is 0 Å². The predicted molar refractivity (Wildman–Crippen MR) is 112 cm³/mol. The van der Waals surface area contributed by atoms with Crippen molar-refractivity contribution in [2.75, 3.05) is 26.2 Å². The summed E-state index contributed by atoms with van der Waals surface area (Å²) in [7, 11) is 0. The molecule has 1 aliphatic rings. The van der Waals surface area contributed by atoms with Crippen LogP contribution in [0.4, 0.5) is 0 Å².